The van der Waals surface area contributed by atoms with E-state index in [9.17, 15) is 20.4 Å². The molecule has 0 aromatic carbocycles. The number of rotatable bonds is 1. The van der Waals surface area contributed by atoms with Crippen molar-refractivity contribution in [3.05, 3.63) is 0 Å². The van der Waals surface area contributed by atoms with Crippen LogP contribution >= 0.6 is 0 Å². The molecule has 1 rings (SSSR count). The molecule has 1 aliphatic heterocycles. The Bertz CT molecular complexity index is 390. The average Bonchev–Trinajstić information content (AvgIpc) is 2.12. The summed E-state index contributed by atoms with van der Waals surface area (Å²) in [5, 5.41) is 46.8. The molecule has 5 N–H and O–H groups in total. The third-order valence-electron chi connectivity index (χ3n) is 1.17. The first kappa shape index (κ1) is 3.87. The summed E-state index contributed by atoms with van der Waals surface area (Å²) in [7, 11) is 0. The lowest BCUT2D eigenvalue weighted by molar-refractivity contribution is -0.286. The SMILES string of the molecule is [2H][13C]([2H])(O)[13C@@]1([2H])O[13C@]([2H])(O)[13C@]([2H])(O)[13C@@]([2H])(O)[13C@]1([2H])O. The van der Waals surface area contributed by atoms with Crippen molar-refractivity contribution < 1.29 is 39.9 Å². The van der Waals surface area contributed by atoms with E-state index in [1.807, 2.05) is 0 Å². The molecule has 0 aromatic heterocycles. The molecule has 1 saturated heterocycles. The Balaban J connectivity index is 3.60. The van der Waals surface area contributed by atoms with Crippen LogP contribution in [0.3, 0.4) is 0 Å². The minimum absolute atomic E-state index is 3.90. The first-order valence-corrected chi connectivity index (χ1v) is 2.78. The number of hydrogen-bond acceptors (Lipinski definition) is 6. The van der Waals surface area contributed by atoms with Gasteiger partial charge in [0.05, 0.1) is 16.2 Å². The Kier molecular flexibility index (Phi) is 1.18. The first-order chi connectivity index (χ1) is 7.96. The molecule has 6 nitrogen and oxygen atoms in total. The van der Waals surface area contributed by atoms with Gasteiger partial charge in [-0.3, -0.25) is 0 Å². The maximum atomic E-state index is 9.57. The second-order valence-electron chi connectivity index (χ2n) is 1.89. The lowest BCUT2D eigenvalue weighted by Gasteiger charge is -2.37. The molecular formula is C6H12O6. The van der Waals surface area contributed by atoms with Crippen molar-refractivity contribution >= 4 is 0 Å². The van der Waals surface area contributed by atoms with Gasteiger partial charge in [-0.2, -0.15) is 0 Å². The summed E-state index contributed by atoms with van der Waals surface area (Å²) in [5.74, 6) is 0. The summed E-state index contributed by atoms with van der Waals surface area (Å²) in [6.07, 6.45) is -20.3. The van der Waals surface area contributed by atoms with Gasteiger partial charge in [0.2, 0.25) is 0 Å². The second-order valence-corrected chi connectivity index (χ2v) is 1.89. The molecule has 0 saturated carbocycles. The summed E-state index contributed by atoms with van der Waals surface area (Å²) in [6.45, 7) is -3.93. The highest BCUT2D eigenvalue weighted by atomic mass is 16.8. The summed E-state index contributed by atoms with van der Waals surface area (Å²) in [4.78, 5) is 0. The Hall–Kier alpha value is -0.240. The molecule has 0 unspecified atom stereocenters. The normalized spacial score (nSPS) is 89.6. The van der Waals surface area contributed by atoms with E-state index in [1.165, 1.54) is 0 Å². The number of hydrogen-bond donors (Lipinski definition) is 5. The molecule has 1 heterocycles. The molecule has 1 fully saturated rings. The molecule has 5 atom stereocenters. The zero-order chi connectivity index (χ0) is 15.7. The van der Waals surface area contributed by atoms with Crippen LogP contribution in [0.15, 0.2) is 0 Å². The van der Waals surface area contributed by atoms with Crippen LogP contribution < -0.4 is 0 Å². The summed E-state index contributed by atoms with van der Waals surface area (Å²) in [5.41, 5.74) is 0. The largest absolute Gasteiger partial charge is 0.394 e. The van der Waals surface area contributed by atoms with Crippen LogP contribution in [0.2, 0.25) is 0 Å². The topological polar surface area (TPSA) is 110 Å². The van der Waals surface area contributed by atoms with E-state index in [4.69, 9.17) is 14.7 Å². The van der Waals surface area contributed by atoms with Crippen molar-refractivity contribution in [3.8, 4) is 0 Å². The smallest absolute Gasteiger partial charge is 0.184 e. The van der Waals surface area contributed by atoms with Crippen molar-refractivity contribution in [1.29, 1.82) is 0 Å². The van der Waals surface area contributed by atoms with Gasteiger partial charge in [0, 0.05) is 0 Å². The molecule has 72 valence electrons. The highest BCUT2D eigenvalue weighted by molar-refractivity contribution is 4.87. The van der Waals surface area contributed by atoms with Crippen molar-refractivity contribution in [3.63, 3.8) is 0 Å². The third kappa shape index (κ3) is 1.58. The second kappa shape index (κ2) is 3.65. The van der Waals surface area contributed by atoms with Crippen LogP contribution in [0, 0.1) is 0 Å². The molecule has 0 spiro atoms. The lowest BCUT2D eigenvalue weighted by atomic mass is 10.9. The van der Waals surface area contributed by atoms with Gasteiger partial charge < -0.3 is 30.3 Å². The molecular weight excluding hydrogens is 174 g/mol. The fourth-order valence-corrected chi connectivity index (χ4v) is 0.590. The van der Waals surface area contributed by atoms with E-state index in [-0.39, 0.29) is 0 Å². The minimum atomic E-state index is -4.16. The first-order valence-electron chi connectivity index (χ1n) is 6.28. The van der Waals surface area contributed by atoms with Crippen molar-refractivity contribution in [1.82, 2.24) is 0 Å². The predicted molar refractivity (Wildman–Crippen MR) is 36.0 cm³/mol. The molecule has 0 amide bonds. The van der Waals surface area contributed by atoms with Crippen LogP contribution in [0.25, 0.3) is 0 Å². The van der Waals surface area contributed by atoms with Crippen LogP contribution in [-0.4, -0.2) is 62.7 Å². The Morgan fingerprint density at radius 2 is 1.75 bits per heavy atom. The van der Waals surface area contributed by atoms with E-state index in [0.717, 1.165) is 0 Å². The minimum Gasteiger partial charge on any atom is -0.394 e. The molecule has 0 radical (unpaired) electrons. The van der Waals surface area contributed by atoms with Gasteiger partial charge in [-0.25, -0.2) is 0 Å². The van der Waals surface area contributed by atoms with Gasteiger partial charge in [-0.1, -0.05) is 0 Å². The van der Waals surface area contributed by atoms with E-state index < -0.39 is 37.1 Å². The van der Waals surface area contributed by atoms with Crippen LogP contribution in [0.5, 0.6) is 0 Å². The average molecular weight is 193 g/mol. The maximum absolute atomic E-state index is 9.57. The molecule has 0 bridgehead atoms. The monoisotopic (exact) mass is 193 g/mol. The zero-order valence-electron chi connectivity index (χ0n) is 12.6. The Morgan fingerprint density at radius 1 is 1.17 bits per heavy atom. The maximum Gasteiger partial charge on any atom is 0.184 e. The molecule has 0 aliphatic carbocycles. The van der Waals surface area contributed by atoms with Crippen LogP contribution in [0.4, 0.5) is 0 Å². The Labute approximate surface area is 78.5 Å². The van der Waals surface area contributed by atoms with Crippen LogP contribution in [0.1, 0.15) is 9.60 Å². The van der Waals surface area contributed by atoms with E-state index in [1.54, 1.807) is 0 Å². The number of ether oxygens (including phenoxy) is 1. The van der Waals surface area contributed by atoms with Crippen molar-refractivity contribution in [2.24, 2.45) is 0 Å². The van der Waals surface area contributed by atoms with Gasteiger partial charge in [0.1, 0.15) is 24.3 Å². The number of aliphatic hydroxyl groups is 5. The fraction of sp³-hybridized carbons (Fsp3) is 1.00. The van der Waals surface area contributed by atoms with Crippen molar-refractivity contribution in [2.75, 3.05) is 6.56 Å². The van der Waals surface area contributed by atoms with Gasteiger partial charge in [-0.15, -0.1) is 0 Å². The Morgan fingerprint density at radius 3 is 2.25 bits per heavy atom. The standard InChI is InChI=1S/C6H12O6/c7-1-2-3(8)4(9)5(10)6(11)12-2/h2-11H,1H2/t2-,3-,4+,5-,6+/m1/s1/i1+1D2,2+1D,3+1D,4+1D,5+1D,6+1D. The third-order valence-corrected chi connectivity index (χ3v) is 1.17. The van der Waals surface area contributed by atoms with Crippen molar-refractivity contribution in [2.45, 2.75) is 30.6 Å². The van der Waals surface area contributed by atoms with Gasteiger partial charge in [0.25, 0.3) is 0 Å². The summed E-state index contributed by atoms with van der Waals surface area (Å²) >= 11 is 0. The van der Waals surface area contributed by atoms with Gasteiger partial charge in [-0.05, 0) is 0 Å². The molecule has 0 aromatic rings. The molecule has 12 heavy (non-hydrogen) atoms. The van der Waals surface area contributed by atoms with Gasteiger partial charge >= 0.3 is 0 Å². The van der Waals surface area contributed by atoms with E-state index >= 15 is 0 Å². The summed E-state index contributed by atoms with van der Waals surface area (Å²) in [6, 6.07) is 0. The van der Waals surface area contributed by atoms with Gasteiger partial charge in [0.15, 0.2) is 6.27 Å². The van der Waals surface area contributed by atoms with E-state index in [0.29, 0.717) is 0 Å². The molecule has 6 heteroatoms. The summed E-state index contributed by atoms with van der Waals surface area (Å²) < 4.78 is 53.4. The highest BCUT2D eigenvalue weighted by Crippen LogP contribution is 2.18. The quantitative estimate of drug-likeness (QED) is 0.280. The highest BCUT2D eigenvalue weighted by Gasteiger charge is 2.42. The van der Waals surface area contributed by atoms with Crippen LogP contribution in [-0.2, 0) is 4.74 Å². The zero-order valence-corrected chi connectivity index (χ0v) is 5.64. The molecule has 1 aliphatic rings. The lowest BCUT2D eigenvalue weighted by Crippen LogP contribution is -2.58. The van der Waals surface area contributed by atoms with E-state index in [2.05, 4.69) is 4.74 Å². The fourth-order valence-electron chi connectivity index (χ4n) is 0.590. The predicted octanol–water partition coefficient (Wildman–Crippen LogP) is -3.22.